The zero-order valence-electron chi connectivity index (χ0n) is 13.9. The molecule has 2 N–H and O–H groups in total. The SMILES string of the molecule is C/C=C/CCC(=O)NCN(C)CCCCCCCCCO. The number of hydrogen-bond donors (Lipinski definition) is 2. The summed E-state index contributed by atoms with van der Waals surface area (Å²) in [6, 6.07) is 0. The summed E-state index contributed by atoms with van der Waals surface area (Å²) < 4.78 is 0. The molecule has 0 fully saturated rings. The number of hydrogen-bond acceptors (Lipinski definition) is 3. The summed E-state index contributed by atoms with van der Waals surface area (Å²) in [6.45, 7) is 3.97. The molecule has 21 heavy (non-hydrogen) atoms. The fourth-order valence-electron chi connectivity index (χ4n) is 2.15. The molecule has 0 aliphatic carbocycles. The lowest BCUT2D eigenvalue weighted by Gasteiger charge is -2.17. The fourth-order valence-corrected chi connectivity index (χ4v) is 2.15. The Hall–Kier alpha value is -0.870. The number of unbranched alkanes of at least 4 members (excludes halogenated alkanes) is 6. The Balaban J connectivity index is 3.33. The number of amides is 1. The van der Waals surface area contributed by atoms with Crippen LogP contribution in [0.4, 0.5) is 0 Å². The average Bonchev–Trinajstić information content (AvgIpc) is 2.48. The highest BCUT2D eigenvalue weighted by Gasteiger charge is 2.02. The molecule has 0 saturated carbocycles. The molecule has 1 amide bonds. The van der Waals surface area contributed by atoms with Crippen molar-refractivity contribution in [1.29, 1.82) is 0 Å². The van der Waals surface area contributed by atoms with E-state index in [2.05, 4.69) is 10.2 Å². The monoisotopic (exact) mass is 298 g/mol. The van der Waals surface area contributed by atoms with Crippen LogP contribution in [0, 0.1) is 0 Å². The lowest BCUT2D eigenvalue weighted by atomic mass is 10.1. The van der Waals surface area contributed by atoms with Crippen molar-refractivity contribution in [2.45, 2.75) is 64.7 Å². The van der Waals surface area contributed by atoms with Crippen LogP contribution in [0.5, 0.6) is 0 Å². The molecule has 0 aromatic rings. The largest absolute Gasteiger partial charge is 0.396 e. The summed E-state index contributed by atoms with van der Waals surface area (Å²) >= 11 is 0. The number of aliphatic hydroxyl groups is 1. The minimum atomic E-state index is 0.129. The number of rotatable bonds is 14. The topological polar surface area (TPSA) is 52.6 Å². The molecule has 0 spiro atoms. The molecule has 0 aliphatic rings. The Bertz CT molecular complexity index is 268. The molecular weight excluding hydrogens is 264 g/mol. The van der Waals surface area contributed by atoms with Gasteiger partial charge >= 0.3 is 0 Å². The number of carbonyl (C=O) groups is 1. The average molecular weight is 298 g/mol. The number of nitrogens with zero attached hydrogens (tertiary/aromatic N) is 1. The lowest BCUT2D eigenvalue weighted by molar-refractivity contribution is -0.121. The van der Waals surface area contributed by atoms with E-state index in [-0.39, 0.29) is 5.91 Å². The second-order valence-corrected chi connectivity index (χ2v) is 5.64. The van der Waals surface area contributed by atoms with Gasteiger partial charge in [-0.2, -0.15) is 0 Å². The van der Waals surface area contributed by atoms with E-state index in [0.29, 0.717) is 19.7 Å². The number of nitrogens with one attached hydrogen (secondary N) is 1. The van der Waals surface area contributed by atoms with Crippen molar-refractivity contribution in [2.75, 3.05) is 26.9 Å². The van der Waals surface area contributed by atoms with Crippen molar-refractivity contribution >= 4 is 5.91 Å². The first-order chi connectivity index (χ1) is 10.2. The maximum atomic E-state index is 11.5. The van der Waals surface area contributed by atoms with Crippen molar-refractivity contribution in [1.82, 2.24) is 10.2 Å². The van der Waals surface area contributed by atoms with Gasteiger partial charge in [-0.05, 0) is 39.8 Å². The summed E-state index contributed by atoms with van der Waals surface area (Å²) in [5.74, 6) is 0.129. The number of carbonyl (C=O) groups excluding carboxylic acids is 1. The second-order valence-electron chi connectivity index (χ2n) is 5.64. The molecule has 0 radical (unpaired) electrons. The first kappa shape index (κ1) is 20.1. The minimum absolute atomic E-state index is 0.129. The second kappa shape index (κ2) is 15.5. The molecule has 0 heterocycles. The molecular formula is C17H34N2O2. The smallest absolute Gasteiger partial charge is 0.221 e. The van der Waals surface area contributed by atoms with Crippen molar-refractivity contribution < 1.29 is 9.90 Å². The van der Waals surface area contributed by atoms with E-state index >= 15 is 0 Å². The highest BCUT2D eigenvalue weighted by molar-refractivity contribution is 5.75. The van der Waals surface area contributed by atoms with Crippen LogP contribution in [0.25, 0.3) is 0 Å². The Morgan fingerprint density at radius 3 is 2.33 bits per heavy atom. The number of aliphatic hydroxyl groups excluding tert-OH is 1. The van der Waals surface area contributed by atoms with Crippen LogP contribution in [0.2, 0.25) is 0 Å². The molecule has 4 nitrogen and oxygen atoms in total. The van der Waals surface area contributed by atoms with Crippen molar-refractivity contribution in [3.63, 3.8) is 0 Å². The lowest BCUT2D eigenvalue weighted by Crippen LogP contribution is -2.35. The Morgan fingerprint density at radius 1 is 1.10 bits per heavy atom. The minimum Gasteiger partial charge on any atom is -0.396 e. The Kier molecular flexibility index (Phi) is 14.9. The van der Waals surface area contributed by atoms with Crippen LogP contribution in [0.3, 0.4) is 0 Å². The van der Waals surface area contributed by atoms with E-state index in [9.17, 15) is 4.79 Å². The van der Waals surface area contributed by atoms with Gasteiger partial charge < -0.3 is 10.4 Å². The van der Waals surface area contributed by atoms with Crippen molar-refractivity contribution in [3.05, 3.63) is 12.2 Å². The standard InChI is InChI=1S/C17H34N2O2/c1-3-4-10-13-17(21)18-16-19(2)14-11-8-6-5-7-9-12-15-20/h3-4,20H,5-16H2,1-2H3,(H,18,21)/b4-3+. The molecule has 0 aromatic heterocycles. The third-order valence-corrected chi connectivity index (χ3v) is 3.52. The van der Waals surface area contributed by atoms with Crippen LogP contribution >= 0.6 is 0 Å². The summed E-state index contributed by atoms with van der Waals surface area (Å²) in [4.78, 5) is 13.7. The molecule has 0 unspecified atom stereocenters. The van der Waals surface area contributed by atoms with Crippen LogP contribution < -0.4 is 5.32 Å². The number of allylic oxidation sites excluding steroid dienone is 2. The van der Waals surface area contributed by atoms with E-state index in [4.69, 9.17) is 5.11 Å². The van der Waals surface area contributed by atoms with E-state index in [1.54, 1.807) is 0 Å². The normalized spacial score (nSPS) is 11.4. The van der Waals surface area contributed by atoms with Gasteiger partial charge in [0.1, 0.15) is 0 Å². The van der Waals surface area contributed by atoms with Gasteiger partial charge in [0.15, 0.2) is 0 Å². The Morgan fingerprint density at radius 2 is 1.71 bits per heavy atom. The van der Waals surface area contributed by atoms with Gasteiger partial charge in [0.25, 0.3) is 0 Å². The molecule has 0 aromatic carbocycles. The first-order valence-corrected chi connectivity index (χ1v) is 8.38. The predicted molar refractivity (Wildman–Crippen MR) is 89.1 cm³/mol. The van der Waals surface area contributed by atoms with Gasteiger partial charge in [-0.3, -0.25) is 9.69 Å². The molecule has 124 valence electrons. The summed E-state index contributed by atoms with van der Waals surface area (Å²) in [5.41, 5.74) is 0. The van der Waals surface area contributed by atoms with E-state index in [0.717, 1.165) is 25.8 Å². The zero-order valence-corrected chi connectivity index (χ0v) is 13.9. The maximum absolute atomic E-state index is 11.5. The molecule has 0 atom stereocenters. The summed E-state index contributed by atoms with van der Waals surface area (Å²) in [6.07, 6.45) is 13.7. The van der Waals surface area contributed by atoms with Gasteiger partial charge in [0.2, 0.25) is 5.91 Å². The van der Waals surface area contributed by atoms with Crippen LogP contribution in [-0.4, -0.2) is 42.8 Å². The van der Waals surface area contributed by atoms with E-state index < -0.39 is 0 Å². The molecule has 0 saturated heterocycles. The summed E-state index contributed by atoms with van der Waals surface area (Å²) in [5, 5.41) is 11.6. The van der Waals surface area contributed by atoms with Gasteiger partial charge in [-0.15, -0.1) is 0 Å². The quantitative estimate of drug-likeness (QED) is 0.294. The molecule has 0 aliphatic heterocycles. The van der Waals surface area contributed by atoms with Crippen LogP contribution in [-0.2, 0) is 4.79 Å². The van der Waals surface area contributed by atoms with Gasteiger partial charge in [0, 0.05) is 13.0 Å². The van der Waals surface area contributed by atoms with Crippen molar-refractivity contribution in [3.8, 4) is 0 Å². The Labute approximate surface area is 130 Å². The highest BCUT2D eigenvalue weighted by atomic mass is 16.2. The summed E-state index contributed by atoms with van der Waals surface area (Å²) in [7, 11) is 2.05. The van der Waals surface area contributed by atoms with Crippen LogP contribution in [0.15, 0.2) is 12.2 Å². The van der Waals surface area contributed by atoms with Crippen molar-refractivity contribution in [2.24, 2.45) is 0 Å². The van der Waals surface area contributed by atoms with Gasteiger partial charge in [-0.1, -0.05) is 44.3 Å². The third kappa shape index (κ3) is 15.3. The zero-order chi connectivity index (χ0) is 15.8. The third-order valence-electron chi connectivity index (χ3n) is 3.52. The molecule has 4 heteroatoms. The predicted octanol–water partition coefficient (Wildman–Crippen LogP) is 3.07. The van der Waals surface area contributed by atoms with E-state index in [1.165, 1.54) is 32.1 Å². The van der Waals surface area contributed by atoms with Gasteiger partial charge in [-0.25, -0.2) is 0 Å². The maximum Gasteiger partial charge on any atom is 0.221 e. The molecule has 0 bridgehead atoms. The van der Waals surface area contributed by atoms with Crippen LogP contribution in [0.1, 0.15) is 64.7 Å². The first-order valence-electron chi connectivity index (χ1n) is 8.38. The van der Waals surface area contributed by atoms with E-state index in [1.807, 2.05) is 26.1 Å². The van der Waals surface area contributed by atoms with Gasteiger partial charge in [0.05, 0.1) is 6.67 Å². The molecule has 0 rings (SSSR count). The highest BCUT2D eigenvalue weighted by Crippen LogP contribution is 2.07. The fraction of sp³-hybridized carbons (Fsp3) is 0.824.